The number of rotatable bonds is 13. The summed E-state index contributed by atoms with van der Waals surface area (Å²) in [5.74, 6) is -3.32. The average Bonchev–Trinajstić information content (AvgIpc) is 2.83. The van der Waals surface area contributed by atoms with Crippen LogP contribution in [0.25, 0.3) is 0 Å². The van der Waals surface area contributed by atoms with E-state index in [0.717, 1.165) is 32.7 Å². The van der Waals surface area contributed by atoms with Crippen LogP contribution in [-0.2, 0) is 32.3 Å². The molecular weight excluding hydrogens is 484 g/mol. The molecule has 0 unspecified atom stereocenters. The topological polar surface area (TPSA) is 157 Å². The monoisotopic (exact) mass is 506 g/mol. The van der Waals surface area contributed by atoms with Gasteiger partial charge in [0.05, 0.1) is 24.0 Å². The molecule has 2 atom stereocenters. The molecular formula is C22H22N2O8S2-2. The Hall–Kier alpha value is -3.38. The van der Waals surface area contributed by atoms with Gasteiger partial charge in [0.25, 0.3) is 0 Å². The largest absolute Gasteiger partial charge is 0.548 e. The summed E-state index contributed by atoms with van der Waals surface area (Å²) >= 11 is 0. The quantitative estimate of drug-likeness (QED) is 0.289. The maximum atomic E-state index is 11.9. The van der Waals surface area contributed by atoms with E-state index in [1.165, 1.54) is 0 Å². The second-order valence-electron chi connectivity index (χ2n) is 6.72. The van der Waals surface area contributed by atoms with Crippen LogP contribution in [0.3, 0.4) is 0 Å². The number of amides is 2. The highest BCUT2D eigenvalue weighted by atomic mass is 33.1. The Bertz CT molecular complexity index is 869. The predicted molar refractivity (Wildman–Crippen MR) is 122 cm³/mol. The molecule has 0 spiro atoms. The van der Waals surface area contributed by atoms with Gasteiger partial charge in [-0.15, -0.1) is 0 Å². The van der Waals surface area contributed by atoms with E-state index in [1.54, 1.807) is 60.7 Å². The highest BCUT2D eigenvalue weighted by molar-refractivity contribution is 8.76. The highest BCUT2D eigenvalue weighted by Crippen LogP contribution is 2.23. The van der Waals surface area contributed by atoms with Crippen LogP contribution in [0.1, 0.15) is 11.1 Å². The zero-order valence-corrected chi connectivity index (χ0v) is 19.5. The Labute approximate surface area is 203 Å². The number of nitrogens with one attached hydrogen (secondary N) is 2. The summed E-state index contributed by atoms with van der Waals surface area (Å²) in [6.07, 6.45) is -1.86. The third-order valence-electron chi connectivity index (χ3n) is 4.13. The highest BCUT2D eigenvalue weighted by Gasteiger charge is 2.18. The van der Waals surface area contributed by atoms with Crippen LogP contribution in [0.2, 0.25) is 0 Å². The average molecular weight is 507 g/mol. The van der Waals surface area contributed by atoms with Gasteiger partial charge in [-0.1, -0.05) is 82.3 Å². The third kappa shape index (κ3) is 10.5. The normalized spacial score (nSPS) is 12.1. The first-order chi connectivity index (χ1) is 16.3. The fourth-order valence-electron chi connectivity index (χ4n) is 2.38. The maximum Gasteiger partial charge on any atom is 0.408 e. The predicted octanol–water partition coefficient (Wildman–Crippen LogP) is 0.458. The van der Waals surface area contributed by atoms with Gasteiger partial charge in [-0.2, -0.15) is 0 Å². The first-order valence-corrected chi connectivity index (χ1v) is 12.4. The number of carbonyl (C=O) groups is 4. The molecule has 0 aromatic heterocycles. The summed E-state index contributed by atoms with van der Waals surface area (Å²) < 4.78 is 9.96. The summed E-state index contributed by atoms with van der Waals surface area (Å²) in [5.41, 5.74) is 1.46. The Morgan fingerprint density at radius 2 is 1.03 bits per heavy atom. The Morgan fingerprint density at radius 3 is 1.35 bits per heavy atom. The van der Waals surface area contributed by atoms with Crippen LogP contribution in [-0.4, -0.2) is 47.7 Å². The van der Waals surface area contributed by atoms with Gasteiger partial charge in [-0.05, 0) is 11.1 Å². The second-order valence-corrected chi connectivity index (χ2v) is 9.28. The molecule has 10 nitrogen and oxygen atoms in total. The van der Waals surface area contributed by atoms with E-state index in [1.807, 2.05) is 0 Å². The van der Waals surface area contributed by atoms with Crippen LogP contribution in [0.15, 0.2) is 60.7 Å². The molecule has 0 radical (unpaired) electrons. The lowest BCUT2D eigenvalue weighted by molar-refractivity contribution is -0.308. The van der Waals surface area contributed by atoms with Crippen molar-refractivity contribution in [1.29, 1.82) is 0 Å². The van der Waals surface area contributed by atoms with E-state index in [2.05, 4.69) is 10.6 Å². The molecule has 0 aliphatic rings. The van der Waals surface area contributed by atoms with Crippen LogP contribution in [0.5, 0.6) is 0 Å². The number of hydrogen-bond donors (Lipinski definition) is 2. The minimum atomic E-state index is -1.52. The van der Waals surface area contributed by atoms with E-state index in [-0.39, 0.29) is 24.7 Å². The van der Waals surface area contributed by atoms with Crippen LogP contribution < -0.4 is 20.8 Å². The van der Waals surface area contributed by atoms with Gasteiger partial charge >= 0.3 is 12.2 Å². The zero-order chi connectivity index (χ0) is 24.8. The van der Waals surface area contributed by atoms with Crippen molar-refractivity contribution in [2.24, 2.45) is 0 Å². The molecule has 34 heavy (non-hydrogen) atoms. The molecule has 0 aliphatic carbocycles. The fraction of sp³-hybridized carbons (Fsp3) is 0.273. The van der Waals surface area contributed by atoms with Crippen molar-refractivity contribution in [3.05, 3.63) is 71.8 Å². The van der Waals surface area contributed by atoms with Crippen molar-refractivity contribution in [3.8, 4) is 0 Å². The van der Waals surface area contributed by atoms with Gasteiger partial charge in [0.15, 0.2) is 0 Å². The standard InChI is InChI=1S/C22H24N2O8S2/c25-19(26)17(23-21(29)31-11-15-7-3-1-4-8-15)13-33-34-14-18(20(27)28)24-22(30)32-12-16-9-5-2-6-10-16/h1-10,17-18H,11-14H2,(H,23,29)(H,24,30)(H,25,26)(H,27,28)/p-2/t17-,18-/m1/s1. The molecule has 0 saturated carbocycles. The molecule has 2 aromatic rings. The molecule has 0 fully saturated rings. The summed E-state index contributed by atoms with van der Waals surface area (Å²) in [6.45, 7) is -0.0681. The lowest BCUT2D eigenvalue weighted by Gasteiger charge is -2.21. The molecule has 0 bridgehead atoms. The van der Waals surface area contributed by atoms with E-state index in [4.69, 9.17) is 9.47 Å². The van der Waals surface area contributed by atoms with Crippen LogP contribution in [0.4, 0.5) is 9.59 Å². The minimum absolute atomic E-state index is 0.0341. The molecule has 2 rings (SSSR count). The molecule has 0 saturated heterocycles. The molecule has 2 amide bonds. The third-order valence-corrected chi connectivity index (χ3v) is 6.55. The Morgan fingerprint density at radius 1 is 0.676 bits per heavy atom. The van der Waals surface area contributed by atoms with E-state index >= 15 is 0 Å². The van der Waals surface area contributed by atoms with Gasteiger partial charge in [0.2, 0.25) is 0 Å². The smallest absolute Gasteiger partial charge is 0.408 e. The number of aliphatic carboxylic acids is 2. The van der Waals surface area contributed by atoms with Gasteiger partial charge in [0.1, 0.15) is 13.2 Å². The van der Waals surface area contributed by atoms with E-state index in [9.17, 15) is 29.4 Å². The van der Waals surface area contributed by atoms with Gasteiger partial charge in [-0.3, -0.25) is 0 Å². The number of carbonyl (C=O) groups excluding carboxylic acids is 4. The zero-order valence-electron chi connectivity index (χ0n) is 17.8. The number of hydrogen-bond acceptors (Lipinski definition) is 10. The number of carboxylic acids is 2. The van der Waals surface area contributed by atoms with E-state index in [0.29, 0.717) is 0 Å². The van der Waals surface area contributed by atoms with Crippen molar-refractivity contribution in [3.63, 3.8) is 0 Å². The van der Waals surface area contributed by atoms with Crippen LogP contribution >= 0.6 is 21.6 Å². The molecule has 2 N–H and O–H groups in total. The Balaban J connectivity index is 1.71. The molecule has 182 valence electrons. The first-order valence-electron chi connectivity index (χ1n) is 9.95. The van der Waals surface area contributed by atoms with Crippen molar-refractivity contribution in [1.82, 2.24) is 10.6 Å². The summed E-state index contributed by atoms with van der Waals surface area (Å²) in [6, 6.07) is 14.9. The van der Waals surface area contributed by atoms with Crippen molar-refractivity contribution in [2.75, 3.05) is 11.5 Å². The SMILES string of the molecule is O=C(N[C@H](CSSC[C@@H](NC(=O)OCc1ccccc1)C(=O)[O-])C(=O)[O-])OCc1ccccc1. The first kappa shape index (κ1) is 26.9. The summed E-state index contributed by atoms with van der Waals surface area (Å²) in [7, 11) is 1.94. The second kappa shape index (κ2) is 14.7. The Kier molecular flexibility index (Phi) is 11.6. The number of alkyl carbamates (subject to hydrolysis) is 2. The molecule has 0 aliphatic heterocycles. The van der Waals surface area contributed by atoms with Crippen molar-refractivity contribution < 1.29 is 38.9 Å². The van der Waals surface area contributed by atoms with Crippen molar-refractivity contribution in [2.45, 2.75) is 25.3 Å². The van der Waals surface area contributed by atoms with Gasteiger partial charge in [-0.25, -0.2) is 9.59 Å². The molecule has 2 aromatic carbocycles. The lowest BCUT2D eigenvalue weighted by atomic mass is 10.2. The number of benzene rings is 2. The number of ether oxygens (including phenoxy) is 2. The number of carboxylic acid groups (broad SMARTS) is 2. The van der Waals surface area contributed by atoms with Crippen LogP contribution in [0, 0.1) is 0 Å². The molecule has 12 heteroatoms. The lowest BCUT2D eigenvalue weighted by Crippen LogP contribution is -2.50. The summed E-state index contributed by atoms with van der Waals surface area (Å²) in [4.78, 5) is 46.3. The van der Waals surface area contributed by atoms with E-state index < -0.39 is 36.2 Å². The van der Waals surface area contributed by atoms with Gasteiger partial charge in [0, 0.05) is 11.5 Å². The van der Waals surface area contributed by atoms with Gasteiger partial charge < -0.3 is 39.9 Å². The fourth-order valence-corrected chi connectivity index (χ4v) is 4.68. The minimum Gasteiger partial charge on any atom is -0.548 e. The summed E-state index contributed by atoms with van der Waals surface area (Å²) in [5, 5.41) is 27.0. The maximum absolute atomic E-state index is 11.9. The van der Waals surface area contributed by atoms with Crippen molar-refractivity contribution >= 4 is 45.7 Å². The molecule has 0 heterocycles.